The summed E-state index contributed by atoms with van der Waals surface area (Å²) in [7, 11) is 0. The lowest BCUT2D eigenvalue weighted by Crippen LogP contribution is -2.43. The molecule has 2 aliphatic rings. The summed E-state index contributed by atoms with van der Waals surface area (Å²) in [5.41, 5.74) is 0.640. The highest BCUT2D eigenvalue weighted by atomic mass is 19.1. The van der Waals surface area contributed by atoms with Gasteiger partial charge in [-0.3, -0.25) is 4.79 Å². The summed E-state index contributed by atoms with van der Waals surface area (Å²) in [4.78, 5) is 16.2. The fourth-order valence-electron chi connectivity index (χ4n) is 3.26. The molecule has 0 saturated carbocycles. The van der Waals surface area contributed by atoms with Crippen molar-refractivity contribution < 1.29 is 13.6 Å². The Balaban J connectivity index is 1.54. The summed E-state index contributed by atoms with van der Waals surface area (Å²) in [6.45, 7) is 0. The number of hydrogen-bond donors (Lipinski definition) is 2. The molecule has 1 amide bonds. The minimum Gasteiger partial charge on any atom is -0.429 e. The maximum absolute atomic E-state index is 13.0. The van der Waals surface area contributed by atoms with E-state index in [2.05, 4.69) is 15.6 Å². The number of hydrogen-bond acceptors (Lipinski definition) is 4. The number of fused-ring (bicyclic) bond motifs is 3. The van der Waals surface area contributed by atoms with Crippen LogP contribution in [0.4, 0.5) is 4.39 Å². The van der Waals surface area contributed by atoms with E-state index >= 15 is 0 Å². The Bertz CT molecular complexity index is 684. The highest BCUT2D eigenvalue weighted by Gasteiger charge is 2.39. The number of amides is 1. The molecular formula is C14H14FN3O2. The molecule has 2 N–H and O–H groups in total. The maximum atomic E-state index is 13.0. The Morgan fingerprint density at radius 1 is 1.45 bits per heavy atom. The second-order valence-electron chi connectivity index (χ2n) is 5.52. The van der Waals surface area contributed by atoms with E-state index in [1.165, 1.54) is 18.7 Å². The van der Waals surface area contributed by atoms with Gasteiger partial charge >= 0.3 is 0 Å². The van der Waals surface area contributed by atoms with Gasteiger partial charge in [0, 0.05) is 29.6 Å². The van der Waals surface area contributed by atoms with E-state index in [4.69, 9.17) is 4.42 Å². The molecule has 2 aromatic rings. The molecule has 3 atom stereocenters. The first-order valence-electron chi connectivity index (χ1n) is 6.81. The molecule has 0 unspecified atom stereocenters. The molecular weight excluding hydrogens is 261 g/mol. The second kappa shape index (κ2) is 4.28. The zero-order valence-corrected chi connectivity index (χ0v) is 10.7. The molecule has 5 nitrogen and oxygen atoms in total. The molecule has 104 valence electrons. The fraction of sp³-hybridized carbons (Fsp3) is 0.429. The smallest absolute Gasteiger partial charge is 0.278 e. The molecule has 20 heavy (non-hydrogen) atoms. The van der Waals surface area contributed by atoms with E-state index in [0.29, 0.717) is 28.7 Å². The van der Waals surface area contributed by atoms with Crippen LogP contribution in [0.1, 0.15) is 29.8 Å². The van der Waals surface area contributed by atoms with Crippen molar-refractivity contribution in [3.63, 3.8) is 0 Å². The molecule has 0 radical (unpaired) electrons. The Morgan fingerprint density at radius 2 is 2.35 bits per heavy atom. The second-order valence-corrected chi connectivity index (χ2v) is 5.52. The van der Waals surface area contributed by atoms with Gasteiger partial charge in [-0.2, -0.15) is 4.39 Å². The van der Waals surface area contributed by atoms with Crippen molar-refractivity contribution in [3.8, 4) is 0 Å². The van der Waals surface area contributed by atoms with Crippen molar-refractivity contribution in [2.45, 2.75) is 37.4 Å². The number of carbonyl (C=O) groups is 1. The molecule has 2 saturated heterocycles. The third-order valence-corrected chi connectivity index (χ3v) is 4.22. The number of nitrogens with zero attached hydrogens (tertiary/aromatic N) is 1. The van der Waals surface area contributed by atoms with Crippen LogP contribution in [0.5, 0.6) is 0 Å². The van der Waals surface area contributed by atoms with E-state index in [9.17, 15) is 9.18 Å². The first kappa shape index (κ1) is 11.8. The summed E-state index contributed by atoms with van der Waals surface area (Å²) in [6, 6.07) is 3.21. The van der Waals surface area contributed by atoms with E-state index in [0.717, 1.165) is 12.8 Å². The molecule has 2 bridgehead atoms. The van der Waals surface area contributed by atoms with E-state index in [1.807, 2.05) is 0 Å². The predicted octanol–water partition coefficient (Wildman–Crippen LogP) is 1.59. The standard InChI is InChI=1S/C14H14FN3O2/c15-13-4-7-3-11(16-6-12(7)20-13)14(19)18-10-5-8-1-2-9(10)17-8/h3-4,6,8-10,17H,1-2,5H2,(H,18,19)/t8-,9+,10-/m1/s1. The molecule has 2 fully saturated rings. The first-order valence-corrected chi connectivity index (χ1v) is 6.81. The lowest BCUT2D eigenvalue weighted by molar-refractivity contribution is 0.0926. The average Bonchev–Trinajstić information content (AvgIpc) is 3.10. The van der Waals surface area contributed by atoms with Crippen LogP contribution in [0, 0.1) is 6.01 Å². The number of halogens is 1. The molecule has 0 spiro atoms. The third kappa shape index (κ3) is 1.87. The predicted molar refractivity (Wildman–Crippen MR) is 69.8 cm³/mol. The molecule has 2 aliphatic heterocycles. The van der Waals surface area contributed by atoms with Crippen LogP contribution < -0.4 is 10.6 Å². The number of nitrogens with one attached hydrogen (secondary N) is 2. The molecule has 2 aromatic heterocycles. The van der Waals surface area contributed by atoms with Gasteiger partial charge < -0.3 is 15.1 Å². The molecule has 6 heteroatoms. The highest BCUT2D eigenvalue weighted by molar-refractivity contribution is 5.95. The number of carbonyl (C=O) groups excluding carboxylic acids is 1. The van der Waals surface area contributed by atoms with E-state index < -0.39 is 6.01 Å². The SMILES string of the molecule is O=C(N[C@@H]1C[C@H]2CC[C@@H]1N2)c1cc2cc(F)oc2cn1. The molecule has 4 rings (SSSR count). The minimum atomic E-state index is -0.670. The number of pyridine rings is 1. The van der Waals surface area contributed by atoms with E-state index in [-0.39, 0.29) is 11.9 Å². The first-order chi connectivity index (χ1) is 9.69. The van der Waals surface area contributed by atoms with Crippen LogP contribution >= 0.6 is 0 Å². The lowest BCUT2D eigenvalue weighted by atomic mass is 9.95. The van der Waals surface area contributed by atoms with Gasteiger partial charge in [0.05, 0.1) is 6.20 Å². The van der Waals surface area contributed by atoms with Gasteiger partial charge in [0.2, 0.25) is 0 Å². The van der Waals surface area contributed by atoms with Crippen molar-refractivity contribution in [2.24, 2.45) is 0 Å². The fourth-order valence-corrected chi connectivity index (χ4v) is 3.26. The third-order valence-electron chi connectivity index (χ3n) is 4.22. The largest absolute Gasteiger partial charge is 0.429 e. The van der Waals surface area contributed by atoms with Crippen LogP contribution in [-0.4, -0.2) is 29.0 Å². The monoisotopic (exact) mass is 275 g/mol. The molecule has 0 aromatic carbocycles. The van der Waals surface area contributed by atoms with Crippen molar-refractivity contribution in [2.75, 3.05) is 0 Å². The van der Waals surface area contributed by atoms with Crippen molar-refractivity contribution in [1.82, 2.24) is 15.6 Å². The van der Waals surface area contributed by atoms with Gasteiger partial charge in [0.25, 0.3) is 11.9 Å². The zero-order valence-electron chi connectivity index (χ0n) is 10.7. The van der Waals surface area contributed by atoms with Gasteiger partial charge in [0.1, 0.15) is 5.69 Å². The van der Waals surface area contributed by atoms with Gasteiger partial charge in [-0.05, 0) is 25.3 Å². The van der Waals surface area contributed by atoms with Crippen LogP contribution in [0.25, 0.3) is 11.0 Å². The van der Waals surface area contributed by atoms with Gasteiger partial charge in [-0.15, -0.1) is 0 Å². The normalized spacial score (nSPS) is 28.1. The van der Waals surface area contributed by atoms with Gasteiger partial charge in [-0.25, -0.2) is 4.98 Å². The topological polar surface area (TPSA) is 67.2 Å². The molecule has 0 aliphatic carbocycles. The number of furan rings is 1. The van der Waals surface area contributed by atoms with Crippen LogP contribution in [0.3, 0.4) is 0 Å². The van der Waals surface area contributed by atoms with E-state index in [1.54, 1.807) is 6.07 Å². The van der Waals surface area contributed by atoms with Gasteiger partial charge in [-0.1, -0.05) is 0 Å². The number of rotatable bonds is 2. The van der Waals surface area contributed by atoms with Crippen LogP contribution in [0.15, 0.2) is 22.7 Å². The van der Waals surface area contributed by atoms with Crippen LogP contribution in [-0.2, 0) is 0 Å². The van der Waals surface area contributed by atoms with Crippen molar-refractivity contribution >= 4 is 16.9 Å². The lowest BCUT2D eigenvalue weighted by Gasteiger charge is -2.21. The van der Waals surface area contributed by atoms with Crippen LogP contribution in [0.2, 0.25) is 0 Å². The Hall–Kier alpha value is -1.95. The summed E-state index contributed by atoms with van der Waals surface area (Å²) in [5.74, 6) is -0.215. The Morgan fingerprint density at radius 3 is 3.10 bits per heavy atom. The molecule has 4 heterocycles. The van der Waals surface area contributed by atoms with Crippen molar-refractivity contribution in [3.05, 3.63) is 30.0 Å². The Labute approximate surface area is 114 Å². The Kier molecular flexibility index (Phi) is 2.53. The minimum absolute atomic E-state index is 0.167. The highest BCUT2D eigenvalue weighted by Crippen LogP contribution is 2.28. The zero-order chi connectivity index (χ0) is 13.7. The van der Waals surface area contributed by atoms with Gasteiger partial charge in [0.15, 0.2) is 5.58 Å². The average molecular weight is 275 g/mol. The number of aromatic nitrogens is 1. The quantitative estimate of drug-likeness (QED) is 0.873. The van der Waals surface area contributed by atoms with Crippen molar-refractivity contribution in [1.29, 1.82) is 0 Å². The summed E-state index contributed by atoms with van der Waals surface area (Å²) in [6.07, 6.45) is 4.65. The summed E-state index contributed by atoms with van der Waals surface area (Å²) >= 11 is 0. The maximum Gasteiger partial charge on any atom is 0.278 e. The summed E-state index contributed by atoms with van der Waals surface area (Å²) in [5, 5.41) is 7.03. The summed E-state index contributed by atoms with van der Waals surface area (Å²) < 4.78 is 17.8.